The van der Waals surface area contributed by atoms with E-state index in [0.29, 0.717) is 30.8 Å². The number of rotatable bonds is 13. The fourth-order valence-electron chi connectivity index (χ4n) is 4.84. The molecule has 0 fully saturated rings. The van der Waals surface area contributed by atoms with E-state index in [9.17, 15) is 9.90 Å². The molecule has 0 bridgehead atoms. The lowest BCUT2D eigenvalue weighted by atomic mass is 9.77. The molecule has 0 radical (unpaired) electrons. The molecule has 1 unspecified atom stereocenters. The van der Waals surface area contributed by atoms with E-state index in [1.807, 2.05) is 24.3 Å². The molecule has 0 aromatic heterocycles. The number of carboxylic acids is 1. The summed E-state index contributed by atoms with van der Waals surface area (Å²) in [5, 5.41) is 13.6. The summed E-state index contributed by atoms with van der Waals surface area (Å²) >= 11 is 0. The van der Waals surface area contributed by atoms with Gasteiger partial charge in [-0.2, -0.15) is 0 Å². The van der Waals surface area contributed by atoms with Crippen LogP contribution in [0.4, 0.5) is 0 Å². The third kappa shape index (κ3) is 5.19. The molecule has 0 spiro atoms. The first kappa shape index (κ1) is 24.7. The van der Waals surface area contributed by atoms with Gasteiger partial charge in [0.05, 0.1) is 33.9 Å². The van der Waals surface area contributed by atoms with Crippen LogP contribution in [0.2, 0.25) is 0 Å². The Morgan fingerprint density at radius 2 is 1.64 bits per heavy atom. The Hall–Kier alpha value is -2.93. The molecule has 3 rings (SSSR count). The highest BCUT2D eigenvalue weighted by Gasteiger charge is 2.46. The second-order valence-corrected chi connectivity index (χ2v) is 8.36. The monoisotopic (exact) mass is 457 g/mol. The van der Waals surface area contributed by atoms with E-state index in [2.05, 4.69) is 11.4 Å². The second kappa shape index (κ2) is 11.3. The molecule has 7 nitrogen and oxygen atoms in total. The highest BCUT2D eigenvalue weighted by Crippen LogP contribution is 2.48. The first-order valence-electron chi connectivity index (χ1n) is 11.4. The van der Waals surface area contributed by atoms with Crippen molar-refractivity contribution in [3.63, 3.8) is 0 Å². The van der Waals surface area contributed by atoms with Crippen LogP contribution in [0.1, 0.15) is 42.4 Å². The summed E-state index contributed by atoms with van der Waals surface area (Å²) < 4.78 is 21.6. The Morgan fingerprint density at radius 3 is 2.30 bits per heavy atom. The molecule has 0 saturated carbocycles. The largest absolute Gasteiger partial charge is 0.493 e. The van der Waals surface area contributed by atoms with Gasteiger partial charge < -0.3 is 29.4 Å². The highest BCUT2D eigenvalue weighted by atomic mass is 16.5. The molecule has 2 aromatic carbocycles. The molecule has 2 N–H and O–H groups in total. The molecule has 1 aliphatic rings. The van der Waals surface area contributed by atoms with Crippen molar-refractivity contribution in [3.8, 4) is 23.0 Å². The summed E-state index contributed by atoms with van der Waals surface area (Å²) in [6.45, 7) is 1.65. The number of aliphatic carboxylic acids is 1. The smallest absolute Gasteiger partial charge is 0.314 e. The number of ether oxygens (including phenoxy) is 4. The minimum atomic E-state index is -0.865. The number of aryl methyl sites for hydroxylation is 1. The molecular formula is C26H35NO6. The average molecular weight is 458 g/mol. The van der Waals surface area contributed by atoms with Crippen molar-refractivity contribution in [2.24, 2.45) is 0 Å². The number of benzene rings is 2. The van der Waals surface area contributed by atoms with Gasteiger partial charge in [0.15, 0.2) is 23.0 Å². The van der Waals surface area contributed by atoms with Crippen molar-refractivity contribution < 1.29 is 28.8 Å². The maximum Gasteiger partial charge on any atom is 0.314 e. The predicted octanol–water partition coefficient (Wildman–Crippen LogP) is 3.99. The Bertz CT molecular complexity index is 960. The number of carbonyl (C=O) groups is 1. The van der Waals surface area contributed by atoms with Gasteiger partial charge in [-0.25, -0.2) is 0 Å². The lowest BCUT2D eigenvalue weighted by Gasteiger charge is -2.26. The third-order valence-electron chi connectivity index (χ3n) is 6.60. The van der Waals surface area contributed by atoms with Gasteiger partial charge in [-0.05, 0) is 80.9 Å². The third-order valence-corrected chi connectivity index (χ3v) is 6.60. The van der Waals surface area contributed by atoms with Crippen molar-refractivity contribution in [2.45, 2.75) is 43.9 Å². The molecule has 0 aliphatic heterocycles. The average Bonchev–Trinajstić information content (AvgIpc) is 3.22. The van der Waals surface area contributed by atoms with E-state index in [1.165, 1.54) is 5.56 Å². The number of methoxy groups -OCH3 is 4. The molecule has 1 aliphatic carbocycles. The molecule has 2 aromatic rings. The summed E-state index contributed by atoms with van der Waals surface area (Å²) in [6.07, 6.45) is 4.56. The summed E-state index contributed by atoms with van der Waals surface area (Å²) in [7, 11) is 6.47. The van der Waals surface area contributed by atoms with Gasteiger partial charge in [0.25, 0.3) is 0 Å². The van der Waals surface area contributed by atoms with Crippen LogP contribution < -0.4 is 24.3 Å². The van der Waals surface area contributed by atoms with Crippen molar-refractivity contribution >= 4 is 5.97 Å². The Labute approximate surface area is 196 Å². The van der Waals surface area contributed by atoms with E-state index in [0.717, 1.165) is 55.0 Å². The topological polar surface area (TPSA) is 86.3 Å². The lowest BCUT2D eigenvalue weighted by Crippen LogP contribution is -2.34. The van der Waals surface area contributed by atoms with Crippen LogP contribution >= 0.6 is 0 Å². The van der Waals surface area contributed by atoms with Gasteiger partial charge >= 0.3 is 5.97 Å². The number of hydrogen-bond donors (Lipinski definition) is 2. The Kier molecular flexibility index (Phi) is 8.44. The SMILES string of the molecule is COc1ccc(CCCNCCCC2(C(=O)O)CCc3c2ccc(OC)c3OC)cc1OC. The second-order valence-electron chi connectivity index (χ2n) is 8.36. The van der Waals surface area contributed by atoms with Crippen LogP contribution in [-0.2, 0) is 23.1 Å². The zero-order valence-electron chi connectivity index (χ0n) is 20.0. The van der Waals surface area contributed by atoms with E-state index >= 15 is 0 Å². The van der Waals surface area contributed by atoms with Crippen molar-refractivity contribution in [3.05, 3.63) is 47.0 Å². The van der Waals surface area contributed by atoms with Crippen LogP contribution in [0.5, 0.6) is 23.0 Å². The normalized spacial score (nSPS) is 16.8. The van der Waals surface area contributed by atoms with Gasteiger partial charge in [0, 0.05) is 5.56 Å². The fourth-order valence-corrected chi connectivity index (χ4v) is 4.84. The zero-order valence-corrected chi connectivity index (χ0v) is 20.0. The van der Waals surface area contributed by atoms with E-state index in [4.69, 9.17) is 18.9 Å². The number of nitrogens with one attached hydrogen (secondary N) is 1. The van der Waals surface area contributed by atoms with Gasteiger partial charge in [-0.3, -0.25) is 4.79 Å². The van der Waals surface area contributed by atoms with E-state index in [-0.39, 0.29) is 0 Å². The summed E-state index contributed by atoms with van der Waals surface area (Å²) in [5.41, 5.74) is 2.16. The molecular weight excluding hydrogens is 422 g/mol. The predicted molar refractivity (Wildman–Crippen MR) is 127 cm³/mol. The number of hydrogen-bond acceptors (Lipinski definition) is 6. The van der Waals surface area contributed by atoms with Gasteiger partial charge in [-0.15, -0.1) is 0 Å². The minimum absolute atomic E-state index is 0.584. The molecule has 180 valence electrons. The zero-order chi connectivity index (χ0) is 23.8. The number of carboxylic acid groups (broad SMARTS) is 1. The molecule has 0 heterocycles. The van der Waals surface area contributed by atoms with Crippen LogP contribution in [0.15, 0.2) is 30.3 Å². The fraction of sp³-hybridized carbons (Fsp3) is 0.500. The summed E-state index contributed by atoms with van der Waals surface area (Å²) in [4.78, 5) is 12.3. The number of fused-ring (bicyclic) bond motifs is 1. The van der Waals surface area contributed by atoms with Crippen LogP contribution in [0.3, 0.4) is 0 Å². The molecule has 1 atom stereocenters. The molecule has 33 heavy (non-hydrogen) atoms. The van der Waals surface area contributed by atoms with Gasteiger partial charge in [-0.1, -0.05) is 12.1 Å². The first-order valence-corrected chi connectivity index (χ1v) is 11.4. The first-order chi connectivity index (χ1) is 16.0. The van der Waals surface area contributed by atoms with Gasteiger partial charge in [0.2, 0.25) is 0 Å². The highest BCUT2D eigenvalue weighted by molar-refractivity contribution is 5.84. The molecule has 0 saturated heterocycles. The standard InChI is InChI=1S/C26H35NO6/c1-30-21-10-8-18(17-23(21)32-3)7-5-15-27-16-6-13-26(25(28)29)14-12-19-20(26)9-11-22(31-2)24(19)33-4/h8-11,17,27H,5-7,12-16H2,1-4H3,(H,28,29). The molecule has 0 amide bonds. The van der Waals surface area contributed by atoms with Crippen molar-refractivity contribution in [2.75, 3.05) is 41.5 Å². The van der Waals surface area contributed by atoms with Crippen molar-refractivity contribution in [1.29, 1.82) is 0 Å². The van der Waals surface area contributed by atoms with E-state index < -0.39 is 11.4 Å². The van der Waals surface area contributed by atoms with Crippen LogP contribution in [-0.4, -0.2) is 52.6 Å². The van der Waals surface area contributed by atoms with Crippen LogP contribution in [0.25, 0.3) is 0 Å². The maximum absolute atomic E-state index is 12.3. The quantitative estimate of drug-likeness (QED) is 0.440. The van der Waals surface area contributed by atoms with Gasteiger partial charge in [0.1, 0.15) is 0 Å². The minimum Gasteiger partial charge on any atom is -0.493 e. The summed E-state index contributed by atoms with van der Waals surface area (Å²) in [5.74, 6) is 2.02. The lowest BCUT2D eigenvalue weighted by molar-refractivity contribution is -0.144. The van der Waals surface area contributed by atoms with E-state index in [1.54, 1.807) is 28.4 Å². The maximum atomic E-state index is 12.3. The Morgan fingerprint density at radius 1 is 0.939 bits per heavy atom. The Balaban J connectivity index is 1.51. The summed E-state index contributed by atoms with van der Waals surface area (Å²) in [6, 6.07) is 9.70. The molecule has 7 heteroatoms. The van der Waals surface area contributed by atoms with Crippen LogP contribution in [0, 0.1) is 0 Å². The van der Waals surface area contributed by atoms with Crippen molar-refractivity contribution in [1.82, 2.24) is 5.32 Å².